The van der Waals surface area contributed by atoms with Gasteiger partial charge in [-0.3, -0.25) is 28.8 Å². The maximum Gasteiger partial charge on any atom is 0.305 e. The summed E-state index contributed by atoms with van der Waals surface area (Å²) in [7, 11) is 0. The maximum absolute atomic E-state index is 12.5. The van der Waals surface area contributed by atoms with E-state index in [1.165, 1.54) is 11.8 Å². The van der Waals surface area contributed by atoms with E-state index in [-0.39, 0.29) is 176 Å². The normalized spacial score (nSPS) is 10.1. The average Bonchev–Trinajstić information content (AvgIpc) is 2.88. The monoisotopic (exact) mass is 755 g/mol. The first-order valence-electron chi connectivity index (χ1n) is 12.8. The molecule has 0 aliphatic heterocycles. The predicted molar refractivity (Wildman–Crippen MR) is 221 cm³/mol. The molecule has 12 nitrogen and oxygen atoms in total. The number of hydrogen-bond acceptors (Lipinski definition) is 12. The summed E-state index contributed by atoms with van der Waals surface area (Å²) in [5.41, 5.74) is 11.0. The van der Waals surface area contributed by atoms with E-state index in [1.54, 1.807) is 13.8 Å². The second-order valence-corrected chi connectivity index (χ2v) is 9.75. The van der Waals surface area contributed by atoms with E-state index in [0.29, 0.717) is 12.8 Å². The Bertz CT molecular complexity index is 783. The highest BCUT2D eigenvalue weighted by molar-refractivity contribution is 7.99. The van der Waals surface area contributed by atoms with Crippen molar-refractivity contribution in [2.45, 2.75) is 166 Å². The Balaban J connectivity index is -0.000000104. The Morgan fingerprint density at radius 3 is 1.68 bits per heavy atom. The first kappa shape index (κ1) is 86.4. The molecule has 50 heavy (non-hydrogen) atoms. The van der Waals surface area contributed by atoms with E-state index in [4.69, 9.17) is 25.7 Å². The van der Waals surface area contributed by atoms with Gasteiger partial charge in [0, 0.05) is 62.6 Å². The van der Waals surface area contributed by atoms with Gasteiger partial charge in [0.15, 0.2) is 11.6 Å². The number of amides is 1. The number of hydrogen-bond donors (Lipinski definition) is 3. The molecule has 0 heterocycles. The average molecular weight is 755 g/mol. The molecule has 3 unspecified atom stereocenters. The zero-order valence-electron chi connectivity index (χ0n) is 22.3. The molecule has 0 radical (unpaired) electrons. The van der Waals surface area contributed by atoms with Crippen LogP contribution in [0.2, 0.25) is 0 Å². The molecule has 0 aromatic carbocycles. The van der Waals surface area contributed by atoms with Crippen LogP contribution in [0.3, 0.4) is 0 Å². The van der Waals surface area contributed by atoms with Gasteiger partial charge in [0.25, 0.3) is 0 Å². The molecule has 0 aliphatic carbocycles. The van der Waals surface area contributed by atoms with Crippen LogP contribution in [-0.2, 0) is 43.0 Å². The summed E-state index contributed by atoms with van der Waals surface area (Å²) < 4.78 is 15.5. The number of esters is 2. The van der Waals surface area contributed by atoms with Gasteiger partial charge in [-0.2, -0.15) is 11.8 Å². The molecule has 3 atom stereocenters. The Morgan fingerprint density at radius 2 is 1.22 bits per heavy atom. The molecule has 5 N–H and O–H groups in total. The van der Waals surface area contributed by atoms with Crippen molar-refractivity contribution >= 4 is 47.0 Å². The van der Waals surface area contributed by atoms with Crippen LogP contribution >= 0.6 is 11.8 Å². The highest BCUT2D eigenvalue weighted by atomic mass is 32.2. The van der Waals surface area contributed by atoms with E-state index in [1.807, 2.05) is 0 Å². The van der Waals surface area contributed by atoms with E-state index >= 15 is 0 Å². The summed E-state index contributed by atoms with van der Waals surface area (Å²) >= 11 is 1.25. The molecule has 0 rings (SSSR count). The Labute approximate surface area is 316 Å². The summed E-state index contributed by atoms with van der Waals surface area (Å²) in [6.45, 7) is 2.73. The minimum atomic E-state index is -0.897. The van der Waals surface area contributed by atoms with Crippen molar-refractivity contribution in [2.24, 2.45) is 17.4 Å². The largest absolute Gasteiger partial charge is 0.462 e. The third-order valence-electron chi connectivity index (χ3n) is 5.30. The van der Waals surface area contributed by atoms with Gasteiger partial charge >= 0.3 is 11.9 Å². The molecule has 0 fully saturated rings. The molecular formula is C37H90N2O10S. The van der Waals surface area contributed by atoms with Gasteiger partial charge in [-0.15, -0.1) is 0 Å². The quantitative estimate of drug-likeness (QED) is 0.0632. The summed E-state index contributed by atoms with van der Waals surface area (Å²) in [6, 6.07) is -0.897. The van der Waals surface area contributed by atoms with Crippen LogP contribution in [-0.4, -0.2) is 90.4 Å². The van der Waals surface area contributed by atoms with Crippen molar-refractivity contribution in [2.75, 3.05) is 37.9 Å². The van der Waals surface area contributed by atoms with E-state index in [9.17, 15) is 33.9 Å². The smallest absolute Gasteiger partial charge is 0.305 e. The molecule has 0 aromatic heterocycles. The lowest BCUT2D eigenvalue weighted by molar-refractivity contribution is -0.157. The summed E-state index contributed by atoms with van der Waals surface area (Å²) in [6.07, 6.45) is 0.548. The number of thioether (sulfide) groups is 1. The number of Topliss-reactive ketones (excluding diaryl/α,β-unsaturated/α-hetero) is 3. The fourth-order valence-electron chi connectivity index (χ4n) is 3.04. The number of carbonyl (C=O) groups excluding carboxylic acids is 6. The first-order valence-corrected chi connectivity index (χ1v) is 13.9. The number of ether oxygens (including phenoxy) is 3. The Morgan fingerprint density at radius 1 is 0.700 bits per heavy atom. The van der Waals surface area contributed by atoms with Crippen molar-refractivity contribution in [3.05, 3.63) is 0 Å². The van der Waals surface area contributed by atoms with E-state index < -0.39 is 42.5 Å². The fraction of sp³-hybridized carbons (Fsp3) is 0.838. The maximum atomic E-state index is 12.5. The fourth-order valence-corrected chi connectivity index (χ4v) is 4.04. The zero-order valence-corrected chi connectivity index (χ0v) is 23.1. The van der Waals surface area contributed by atoms with Gasteiger partial charge in [0.05, 0.1) is 12.6 Å². The summed E-state index contributed by atoms with van der Waals surface area (Å²) in [4.78, 5) is 70.2. The number of aliphatic hydroxyl groups is 1. The van der Waals surface area contributed by atoms with Gasteiger partial charge in [-0.25, -0.2) is 0 Å². The molecule has 0 saturated carbocycles. The van der Waals surface area contributed by atoms with Crippen molar-refractivity contribution in [3.8, 4) is 0 Å². The van der Waals surface area contributed by atoms with E-state index in [0.717, 1.165) is 0 Å². The highest BCUT2D eigenvalue weighted by Crippen LogP contribution is 2.14. The standard InChI is InChI=1S/C25H42N2O10S.12CH4/c1-3-24(33)36-14-19(37-25(34)4-2)15-38-16-20(26)22(31)11-17(12-28)21(30)8-6-10-35-13-18(29)7-5-9-23(27)32;;;;;;;;;;;;/h17,19-20,28H,3-16,26H2,1-2H3,(H2,27,32);12*1H4. The van der Waals surface area contributed by atoms with Gasteiger partial charge < -0.3 is 30.8 Å². The van der Waals surface area contributed by atoms with Crippen LogP contribution in [0.5, 0.6) is 0 Å². The van der Waals surface area contributed by atoms with Crippen molar-refractivity contribution in [1.82, 2.24) is 0 Å². The third-order valence-corrected chi connectivity index (χ3v) is 6.50. The first-order chi connectivity index (χ1) is 18.0. The van der Waals surface area contributed by atoms with Crippen LogP contribution in [0.15, 0.2) is 0 Å². The molecule has 314 valence electrons. The molecule has 0 saturated heterocycles. The zero-order chi connectivity index (χ0) is 28.9. The second-order valence-electron chi connectivity index (χ2n) is 8.68. The second kappa shape index (κ2) is 53.4. The van der Waals surface area contributed by atoms with Gasteiger partial charge in [0.2, 0.25) is 5.91 Å². The molecular weight excluding hydrogens is 664 g/mol. The number of primary amides is 1. The van der Waals surface area contributed by atoms with Crippen LogP contribution in [0.1, 0.15) is 154 Å². The predicted octanol–water partition coefficient (Wildman–Crippen LogP) is 8.11. The minimum Gasteiger partial charge on any atom is -0.462 e. The van der Waals surface area contributed by atoms with Gasteiger partial charge in [-0.05, 0) is 12.8 Å². The van der Waals surface area contributed by atoms with Gasteiger partial charge in [0.1, 0.15) is 25.1 Å². The number of nitrogens with two attached hydrogens (primary N) is 2. The molecule has 13 heteroatoms. The molecule has 0 spiro atoms. The topological polar surface area (TPSA) is 202 Å². The lowest BCUT2D eigenvalue weighted by Crippen LogP contribution is -2.37. The minimum absolute atomic E-state index is 0. The Hall–Kier alpha value is -2.35. The lowest BCUT2D eigenvalue weighted by Gasteiger charge is -2.19. The van der Waals surface area contributed by atoms with Crippen LogP contribution in [0.25, 0.3) is 0 Å². The van der Waals surface area contributed by atoms with Crippen LogP contribution in [0, 0.1) is 5.92 Å². The highest BCUT2D eigenvalue weighted by Gasteiger charge is 2.25. The molecule has 0 bridgehead atoms. The lowest BCUT2D eigenvalue weighted by atomic mass is 9.93. The SMILES string of the molecule is C.C.C.C.C.C.C.C.C.C.C.C.CCC(=O)OCC(CSCC(N)C(=O)CC(CO)C(=O)CCCOCC(=O)CCCC(N)=O)OC(=O)CC. The Kier molecular flexibility index (Phi) is 92.3. The number of rotatable bonds is 24. The number of carbonyl (C=O) groups is 6. The number of ketones is 3. The molecule has 1 amide bonds. The van der Waals surface area contributed by atoms with Crippen molar-refractivity contribution < 1.29 is 48.1 Å². The van der Waals surface area contributed by atoms with Crippen molar-refractivity contribution in [1.29, 1.82) is 0 Å². The van der Waals surface area contributed by atoms with Crippen molar-refractivity contribution in [3.63, 3.8) is 0 Å². The van der Waals surface area contributed by atoms with E-state index in [2.05, 4.69) is 0 Å². The van der Waals surface area contributed by atoms with Crippen LogP contribution in [0.4, 0.5) is 0 Å². The molecule has 0 aromatic rings. The summed E-state index contributed by atoms with van der Waals surface area (Å²) in [5.74, 6) is -2.62. The number of aliphatic hydroxyl groups excluding tert-OH is 1. The molecule has 0 aliphatic rings. The van der Waals surface area contributed by atoms with Gasteiger partial charge in [-0.1, -0.05) is 103 Å². The van der Waals surface area contributed by atoms with Crippen LogP contribution < -0.4 is 11.5 Å². The summed E-state index contributed by atoms with van der Waals surface area (Å²) in [5, 5.41) is 9.59. The third kappa shape index (κ3) is 45.6.